The normalized spacial score (nSPS) is 35.9. The Balaban J connectivity index is 2.65. The number of hydrogen-bond donors (Lipinski definition) is 2. The zero-order chi connectivity index (χ0) is 7.02. The van der Waals surface area contributed by atoms with Gasteiger partial charge < -0.3 is 15.1 Å². The van der Waals surface area contributed by atoms with Crippen molar-refractivity contribution in [2.75, 3.05) is 13.6 Å². The molecular weight excluding hydrogens is 122 g/mol. The molecule has 1 rings (SSSR count). The van der Waals surface area contributed by atoms with Crippen LogP contribution in [0.4, 0.5) is 0 Å². The molecule has 1 amide bonds. The first-order valence-electron chi connectivity index (χ1n) is 2.74. The van der Waals surface area contributed by atoms with Crippen LogP contribution < -0.4 is 0 Å². The summed E-state index contributed by atoms with van der Waals surface area (Å²) in [7, 11) is 1.54. The van der Waals surface area contributed by atoms with Crippen molar-refractivity contribution in [2.45, 2.75) is 12.2 Å². The lowest BCUT2D eigenvalue weighted by Crippen LogP contribution is -2.27. The molecule has 1 fully saturated rings. The largest absolute Gasteiger partial charge is 0.388 e. The first-order chi connectivity index (χ1) is 4.13. The van der Waals surface area contributed by atoms with Crippen LogP contribution >= 0.6 is 0 Å². The van der Waals surface area contributed by atoms with Crippen molar-refractivity contribution in [3.05, 3.63) is 0 Å². The topological polar surface area (TPSA) is 60.8 Å². The fourth-order valence-corrected chi connectivity index (χ4v) is 0.861. The van der Waals surface area contributed by atoms with E-state index >= 15 is 0 Å². The molecule has 52 valence electrons. The molecule has 9 heavy (non-hydrogen) atoms. The van der Waals surface area contributed by atoms with Crippen LogP contribution in [-0.4, -0.2) is 46.8 Å². The zero-order valence-electron chi connectivity index (χ0n) is 5.11. The van der Waals surface area contributed by atoms with Gasteiger partial charge in [-0.05, 0) is 0 Å². The third-order valence-electron chi connectivity index (χ3n) is 1.45. The van der Waals surface area contributed by atoms with E-state index in [0.717, 1.165) is 0 Å². The van der Waals surface area contributed by atoms with Gasteiger partial charge in [-0.3, -0.25) is 4.79 Å². The number of aliphatic hydroxyl groups excluding tert-OH is 2. The maximum absolute atomic E-state index is 10.6. The molecule has 2 atom stereocenters. The molecule has 4 heteroatoms. The van der Waals surface area contributed by atoms with Crippen LogP contribution in [0, 0.1) is 0 Å². The van der Waals surface area contributed by atoms with Crippen molar-refractivity contribution in [2.24, 2.45) is 0 Å². The summed E-state index contributed by atoms with van der Waals surface area (Å²) in [6, 6.07) is 0. The fraction of sp³-hybridized carbons (Fsp3) is 0.800. The third kappa shape index (κ3) is 0.906. The van der Waals surface area contributed by atoms with E-state index in [1.165, 1.54) is 4.90 Å². The van der Waals surface area contributed by atoms with Gasteiger partial charge in [0.1, 0.15) is 6.10 Å². The van der Waals surface area contributed by atoms with Crippen LogP contribution in [0.25, 0.3) is 0 Å². The van der Waals surface area contributed by atoms with Gasteiger partial charge in [-0.1, -0.05) is 0 Å². The molecule has 0 aromatic rings. The highest BCUT2D eigenvalue weighted by Gasteiger charge is 2.35. The van der Waals surface area contributed by atoms with Crippen LogP contribution in [0.1, 0.15) is 0 Å². The summed E-state index contributed by atoms with van der Waals surface area (Å²) >= 11 is 0. The Hall–Kier alpha value is -0.610. The second kappa shape index (κ2) is 1.97. The summed E-state index contributed by atoms with van der Waals surface area (Å²) in [5.41, 5.74) is 0. The molecule has 1 aliphatic heterocycles. The molecule has 4 nitrogen and oxygen atoms in total. The van der Waals surface area contributed by atoms with Gasteiger partial charge in [-0.15, -0.1) is 0 Å². The number of hydrogen-bond acceptors (Lipinski definition) is 3. The van der Waals surface area contributed by atoms with E-state index in [1.807, 2.05) is 0 Å². The van der Waals surface area contributed by atoms with Gasteiger partial charge in [0, 0.05) is 13.6 Å². The summed E-state index contributed by atoms with van der Waals surface area (Å²) in [5.74, 6) is -0.400. The van der Waals surface area contributed by atoms with Crippen molar-refractivity contribution >= 4 is 5.91 Å². The minimum absolute atomic E-state index is 0.236. The smallest absolute Gasteiger partial charge is 0.254 e. The van der Waals surface area contributed by atoms with Gasteiger partial charge in [0.15, 0.2) is 6.10 Å². The van der Waals surface area contributed by atoms with Crippen LogP contribution in [0.2, 0.25) is 0 Å². The van der Waals surface area contributed by atoms with E-state index in [2.05, 4.69) is 0 Å². The molecule has 0 aromatic heterocycles. The van der Waals surface area contributed by atoms with E-state index in [0.29, 0.717) is 0 Å². The molecular formula is C5H9NO3. The summed E-state index contributed by atoms with van der Waals surface area (Å²) in [6.45, 7) is 0.236. The second-order valence-corrected chi connectivity index (χ2v) is 2.23. The van der Waals surface area contributed by atoms with Crippen LogP contribution in [0.5, 0.6) is 0 Å². The average molecular weight is 131 g/mol. The molecule has 0 unspecified atom stereocenters. The van der Waals surface area contributed by atoms with E-state index in [9.17, 15) is 4.79 Å². The lowest BCUT2D eigenvalue weighted by molar-refractivity contribution is -0.134. The number of nitrogens with zero attached hydrogens (tertiary/aromatic N) is 1. The molecule has 1 heterocycles. The van der Waals surface area contributed by atoms with Gasteiger partial charge in [0.25, 0.3) is 5.91 Å². The number of β-amino-alcohol motifs (C(OH)–C–C–N with tert-alkyl or cyclic N) is 1. The highest BCUT2D eigenvalue weighted by molar-refractivity contribution is 5.83. The standard InChI is InChI=1S/C5H9NO3/c1-6-2-3(7)4(8)5(6)9/h3-4,7-8H,2H2,1H3/t3-,4-/m1/s1. The Bertz CT molecular complexity index is 136. The van der Waals surface area contributed by atoms with E-state index in [1.54, 1.807) is 7.05 Å². The van der Waals surface area contributed by atoms with Crippen LogP contribution in [0.3, 0.4) is 0 Å². The maximum atomic E-state index is 10.6. The highest BCUT2D eigenvalue weighted by Crippen LogP contribution is 2.08. The summed E-state index contributed by atoms with van der Waals surface area (Å²) in [5, 5.41) is 17.6. The molecule has 1 aliphatic rings. The number of rotatable bonds is 0. The third-order valence-corrected chi connectivity index (χ3v) is 1.45. The van der Waals surface area contributed by atoms with Crippen LogP contribution in [-0.2, 0) is 4.79 Å². The predicted octanol–water partition coefficient (Wildman–Crippen LogP) is -1.82. The minimum Gasteiger partial charge on any atom is -0.388 e. The van der Waals surface area contributed by atoms with Crippen molar-refractivity contribution in [3.8, 4) is 0 Å². The summed E-state index contributed by atoms with van der Waals surface area (Å²) in [6.07, 6.45) is -2.10. The molecule has 0 saturated carbocycles. The van der Waals surface area contributed by atoms with Crippen molar-refractivity contribution in [1.29, 1.82) is 0 Å². The summed E-state index contributed by atoms with van der Waals surface area (Å²) < 4.78 is 0. The number of amides is 1. The molecule has 0 bridgehead atoms. The van der Waals surface area contributed by atoms with Crippen LogP contribution in [0.15, 0.2) is 0 Å². The lowest BCUT2D eigenvalue weighted by Gasteiger charge is -2.04. The maximum Gasteiger partial charge on any atom is 0.254 e. The second-order valence-electron chi connectivity index (χ2n) is 2.23. The van der Waals surface area contributed by atoms with Gasteiger partial charge >= 0.3 is 0 Å². The van der Waals surface area contributed by atoms with E-state index in [4.69, 9.17) is 10.2 Å². The number of likely N-dealkylation sites (tertiary alicyclic amines) is 1. The van der Waals surface area contributed by atoms with Gasteiger partial charge in [0.05, 0.1) is 0 Å². The Morgan fingerprint density at radius 1 is 1.67 bits per heavy atom. The number of likely N-dealkylation sites (N-methyl/N-ethyl adjacent to an activating group) is 1. The Morgan fingerprint density at radius 2 is 2.22 bits per heavy atom. The van der Waals surface area contributed by atoms with Crippen molar-refractivity contribution in [3.63, 3.8) is 0 Å². The lowest BCUT2D eigenvalue weighted by atomic mass is 10.3. The fourth-order valence-electron chi connectivity index (χ4n) is 0.861. The quantitative estimate of drug-likeness (QED) is 0.407. The predicted molar refractivity (Wildman–Crippen MR) is 29.7 cm³/mol. The summed E-state index contributed by atoms with van der Waals surface area (Å²) in [4.78, 5) is 11.9. The van der Waals surface area contributed by atoms with Gasteiger partial charge in [-0.2, -0.15) is 0 Å². The monoisotopic (exact) mass is 131 g/mol. The Labute approximate surface area is 52.7 Å². The SMILES string of the molecule is CN1C[C@@H](O)[C@@H](O)C1=O. The minimum atomic E-state index is -1.20. The average Bonchev–Trinajstić information content (AvgIpc) is 1.98. The molecule has 0 aliphatic carbocycles. The number of carbonyl (C=O) groups is 1. The van der Waals surface area contributed by atoms with Gasteiger partial charge in [0.2, 0.25) is 0 Å². The van der Waals surface area contributed by atoms with Crippen molar-refractivity contribution < 1.29 is 15.0 Å². The molecule has 0 radical (unpaired) electrons. The first kappa shape index (κ1) is 6.51. The Morgan fingerprint density at radius 3 is 2.33 bits per heavy atom. The Kier molecular flexibility index (Phi) is 1.42. The van der Waals surface area contributed by atoms with Crippen molar-refractivity contribution in [1.82, 2.24) is 4.90 Å². The molecule has 2 N–H and O–H groups in total. The number of aliphatic hydroxyl groups is 2. The molecule has 0 aromatic carbocycles. The molecule has 0 spiro atoms. The molecule has 1 saturated heterocycles. The highest BCUT2D eigenvalue weighted by atomic mass is 16.3. The van der Waals surface area contributed by atoms with E-state index < -0.39 is 18.1 Å². The zero-order valence-corrected chi connectivity index (χ0v) is 5.11. The van der Waals surface area contributed by atoms with Gasteiger partial charge in [-0.25, -0.2) is 0 Å². The van der Waals surface area contributed by atoms with E-state index in [-0.39, 0.29) is 6.54 Å². The number of carbonyl (C=O) groups excluding carboxylic acids is 1. The first-order valence-corrected chi connectivity index (χ1v) is 2.74.